The van der Waals surface area contributed by atoms with Crippen molar-refractivity contribution in [2.45, 2.75) is 12.2 Å². The number of carbonyl (C=O) groups excluding carboxylic acids is 2. The summed E-state index contributed by atoms with van der Waals surface area (Å²) in [6, 6.07) is -1.05. The summed E-state index contributed by atoms with van der Waals surface area (Å²) in [7, 11) is 2.31. The first-order chi connectivity index (χ1) is 9.22. The van der Waals surface area contributed by atoms with Crippen molar-refractivity contribution in [1.82, 2.24) is 10.3 Å². The lowest BCUT2D eigenvalue weighted by atomic mass is 10.0. The van der Waals surface area contributed by atoms with Crippen molar-refractivity contribution in [3.05, 3.63) is 33.7 Å². The summed E-state index contributed by atoms with van der Waals surface area (Å²) in [5.41, 5.74) is -3.34. The van der Waals surface area contributed by atoms with Gasteiger partial charge >= 0.3 is 12.1 Å². The smallest absolute Gasteiger partial charge is 0.421 e. The fraction of sp³-hybridized carbons (Fsp3) is 0.364. The molecule has 0 aliphatic heterocycles. The van der Waals surface area contributed by atoms with Crippen LogP contribution in [0.2, 0.25) is 0 Å². The highest BCUT2D eigenvalue weighted by Crippen LogP contribution is 2.26. The van der Waals surface area contributed by atoms with Gasteiger partial charge in [0.2, 0.25) is 0 Å². The molecule has 2 N–H and O–H groups in total. The molecule has 0 amide bonds. The molecule has 0 aromatic carbocycles. The Bertz CT molecular complexity index is 580. The van der Waals surface area contributed by atoms with Crippen LogP contribution < -0.4 is 10.9 Å². The number of ketones is 1. The Morgan fingerprint density at radius 2 is 2.00 bits per heavy atom. The van der Waals surface area contributed by atoms with Gasteiger partial charge in [-0.2, -0.15) is 13.2 Å². The lowest BCUT2D eigenvalue weighted by Crippen LogP contribution is -2.42. The zero-order valence-electron chi connectivity index (χ0n) is 10.5. The van der Waals surface area contributed by atoms with E-state index in [1.54, 1.807) is 0 Å². The maximum Gasteiger partial charge on any atom is 0.421 e. The number of aromatic nitrogens is 1. The van der Waals surface area contributed by atoms with E-state index in [9.17, 15) is 27.6 Å². The number of nitrogens with one attached hydrogen (secondary N) is 2. The van der Waals surface area contributed by atoms with E-state index >= 15 is 0 Å². The van der Waals surface area contributed by atoms with Gasteiger partial charge in [0, 0.05) is 11.8 Å². The van der Waals surface area contributed by atoms with E-state index in [-0.39, 0.29) is 0 Å². The molecule has 0 aliphatic rings. The van der Waals surface area contributed by atoms with Crippen molar-refractivity contribution < 1.29 is 27.5 Å². The van der Waals surface area contributed by atoms with E-state index in [2.05, 4.69) is 10.1 Å². The molecule has 1 atom stereocenters. The van der Waals surface area contributed by atoms with E-state index in [4.69, 9.17) is 0 Å². The normalized spacial score (nSPS) is 12.8. The van der Waals surface area contributed by atoms with Gasteiger partial charge in [0.25, 0.3) is 5.56 Å². The van der Waals surface area contributed by atoms with E-state index in [1.807, 2.05) is 4.98 Å². The minimum atomic E-state index is -4.90. The number of alkyl halides is 3. The van der Waals surface area contributed by atoms with Gasteiger partial charge in [-0.3, -0.25) is 9.59 Å². The van der Waals surface area contributed by atoms with Crippen molar-refractivity contribution >= 4 is 11.8 Å². The van der Waals surface area contributed by atoms with Crippen LogP contribution in [-0.2, 0) is 15.7 Å². The Labute approximate surface area is 110 Å². The van der Waals surface area contributed by atoms with Gasteiger partial charge in [-0.25, -0.2) is 4.79 Å². The zero-order valence-corrected chi connectivity index (χ0v) is 10.5. The molecule has 1 heterocycles. The van der Waals surface area contributed by atoms with Crippen molar-refractivity contribution in [2.75, 3.05) is 14.2 Å². The van der Waals surface area contributed by atoms with Crippen LogP contribution in [0.15, 0.2) is 17.1 Å². The molecule has 1 aromatic heterocycles. The maximum atomic E-state index is 12.6. The molecule has 0 bridgehead atoms. The molecule has 0 fully saturated rings. The third kappa shape index (κ3) is 3.23. The molecule has 1 rings (SSSR count). The number of carbonyl (C=O) groups is 2. The summed E-state index contributed by atoms with van der Waals surface area (Å²) in [4.78, 5) is 36.1. The first kappa shape index (κ1) is 15.9. The number of methoxy groups -OCH3 is 1. The summed E-state index contributed by atoms with van der Waals surface area (Å²) in [5.74, 6) is -1.89. The first-order valence-corrected chi connectivity index (χ1v) is 5.31. The van der Waals surface area contributed by atoms with Crippen LogP contribution in [0.5, 0.6) is 0 Å². The lowest BCUT2D eigenvalue weighted by Gasteiger charge is -2.13. The fourth-order valence-corrected chi connectivity index (χ4v) is 1.48. The van der Waals surface area contributed by atoms with Gasteiger partial charge in [0.15, 0.2) is 11.8 Å². The van der Waals surface area contributed by atoms with E-state index in [1.165, 1.54) is 7.05 Å². The molecule has 6 nitrogen and oxygen atoms in total. The Balaban J connectivity index is 3.24. The van der Waals surface area contributed by atoms with Gasteiger partial charge in [-0.15, -0.1) is 0 Å². The summed E-state index contributed by atoms with van der Waals surface area (Å²) < 4.78 is 42.0. The Morgan fingerprint density at radius 3 is 2.45 bits per heavy atom. The number of rotatable bonds is 4. The molecule has 0 radical (unpaired) electrons. The van der Waals surface area contributed by atoms with E-state index in [0.717, 1.165) is 13.3 Å². The van der Waals surface area contributed by atoms with Crippen LogP contribution >= 0.6 is 0 Å². The molecular weight excluding hydrogens is 281 g/mol. The topological polar surface area (TPSA) is 88.3 Å². The predicted octanol–water partition coefficient (Wildman–Crippen LogP) is 0.337. The quantitative estimate of drug-likeness (QED) is 0.474. The Morgan fingerprint density at radius 1 is 1.40 bits per heavy atom. The predicted molar refractivity (Wildman–Crippen MR) is 61.3 cm³/mol. The summed E-state index contributed by atoms with van der Waals surface area (Å²) in [5, 5.41) is 2.33. The second-order valence-corrected chi connectivity index (χ2v) is 3.74. The van der Waals surface area contributed by atoms with Crippen LogP contribution in [0.25, 0.3) is 0 Å². The molecule has 110 valence electrons. The van der Waals surface area contributed by atoms with Gasteiger partial charge in [0.1, 0.15) is 5.56 Å². The number of halogens is 3. The highest BCUT2D eigenvalue weighted by atomic mass is 19.4. The van der Waals surface area contributed by atoms with Crippen LogP contribution in [0, 0.1) is 0 Å². The van der Waals surface area contributed by atoms with Crippen molar-refractivity contribution in [3.8, 4) is 0 Å². The Hall–Kier alpha value is -2.16. The third-order valence-electron chi connectivity index (χ3n) is 2.48. The second kappa shape index (κ2) is 5.87. The highest BCUT2D eigenvalue weighted by Gasteiger charge is 2.36. The molecular formula is C11H11F3N2O4. The van der Waals surface area contributed by atoms with Gasteiger partial charge in [-0.1, -0.05) is 0 Å². The standard InChI is InChI=1S/C11H11F3N2O4/c1-15-7(10(19)20-2)8(17)5-3-6(11(12,13)14)9(18)16-4-5/h3-4,7,15H,1-2H3,(H,16,18). The minimum Gasteiger partial charge on any atom is -0.468 e. The van der Waals surface area contributed by atoms with Crippen LogP contribution in [-0.4, -0.2) is 36.9 Å². The monoisotopic (exact) mass is 292 g/mol. The minimum absolute atomic E-state index is 0.397. The van der Waals surface area contributed by atoms with Crippen LogP contribution in [0.4, 0.5) is 13.2 Å². The molecule has 9 heteroatoms. The largest absolute Gasteiger partial charge is 0.468 e. The molecule has 0 saturated carbocycles. The maximum absolute atomic E-state index is 12.6. The van der Waals surface area contributed by atoms with Gasteiger partial charge in [-0.05, 0) is 13.1 Å². The summed E-state index contributed by atoms with van der Waals surface area (Å²) in [6.45, 7) is 0. The number of ether oxygens (including phenoxy) is 1. The number of likely N-dealkylation sites (N-methyl/N-ethyl adjacent to an activating group) is 1. The number of aromatic amines is 1. The first-order valence-electron chi connectivity index (χ1n) is 5.31. The number of pyridine rings is 1. The molecule has 0 spiro atoms. The third-order valence-corrected chi connectivity index (χ3v) is 2.48. The number of hydrogen-bond acceptors (Lipinski definition) is 5. The number of hydrogen-bond donors (Lipinski definition) is 2. The van der Waals surface area contributed by atoms with Crippen LogP contribution in [0.3, 0.4) is 0 Å². The number of Topliss-reactive ketones (excluding diaryl/α,β-unsaturated/α-hetero) is 1. The van der Waals surface area contributed by atoms with E-state index in [0.29, 0.717) is 6.07 Å². The molecule has 0 saturated heterocycles. The fourth-order valence-electron chi connectivity index (χ4n) is 1.48. The summed E-state index contributed by atoms with van der Waals surface area (Å²) in [6.07, 6.45) is -4.09. The zero-order chi connectivity index (χ0) is 15.5. The van der Waals surface area contributed by atoms with E-state index < -0.39 is 40.7 Å². The molecule has 0 aliphatic carbocycles. The Kier molecular flexibility index (Phi) is 4.66. The van der Waals surface area contributed by atoms with Crippen LogP contribution in [0.1, 0.15) is 15.9 Å². The number of H-pyrrole nitrogens is 1. The molecule has 1 aromatic rings. The van der Waals surface area contributed by atoms with Crippen molar-refractivity contribution in [1.29, 1.82) is 0 Å². The SMILES string of the molecule is CNC(C(=O)OC)C(=O)c1c[nH]c(=O)c(C(F)(F)F)c1. The summed E-state index contributed by atoms with van der Waals surface area (Å²) >= 11 is 0. The molecule has 1 unspecified atom stereocenters. The van der Waals surface area contributed by atoms with Gasteiger partial charge in [0.05, 0.1) is 7.11 Å². The van der Waals surface area contributed by atoms with Crippen molar-refractivity contribution in [2.24, 2.45) is 0 Å². The second-order valence-electron chi connectivity index (χ2n) is 3.74. The lowest BCUT2D eigenvalue weighted by molar-refractivity contribution is -0.141. The highest BCUT2D eigenvalue weighted by molar-refractivity contribution is 6.11. The van der Waals surface area contributed by atoms with Crippen molar-refractivity contribution in [3.63, 3.8) is 0 Å². The van der Waals surface area contributed by atoms with Gasteiger partial charge < -0.3 is 15.0 Å². The molecule has 20 heavy (non-hydrogen) atoms. The number of esters is 1. The average Bonchev–Trinajstić information content (AvgIpc) is 2.38. The average molecular weight is 292 g/mol.